The van der Waals surface area contributed by atoms with E-state index in [9.17, 15) is 19.2 Å². The lowest BCUT2D eigenvalue weighted by Gasteiger charge is -2.22. The Hall–Kier alpha value is -3.84. The number of hydrogen-bond acceptors (Lipinski definition) is 9. The van der Waals surface area contributed by atoms with E-state index < -0.39 is 17.6 Å². The Balaban J connectivity index is 1.32. The number of carbonyl (C=O) groups excluding carboxylic acids is 4. The highest BCUT2D eigenvalue weighted by molar-refractivity contribution is 7.09. The molecule has 3 aromatic heterocycles. The number of aromatic nitrogens is 3. The molecular formula is C31H40ClN7O5S. The first-order valence-corrected chi connectivity index (χ1v) is 16.3. The van der Waals surface area contributed by atoms with Gasteiger partial charge in [0.05, 0.1) is 11.1 Å². The summed E-state index contributed by atoms with van der Waals surface area (Å²) in [5.41, 5.74) is 0.660. The number of pyridine rings is 1. The molecule has 0 saturated carbocycles. The third-order valence-corrected chi connectivity index (χ3v) is 8.45. The first-order valence-electron chi connectivity index (χ1n) is 15.0. The van der Waals surface area contributed by atoms with E-state index in [1.807, 2.05) is 0 Å². The molecule has 4 heterocycles. The molecule has 0 bridgehead atoms. The van der Waals surface area contributed by atoms with Gasteiger partial charge in [-0.15, -0.1) is 11.3 Å². The van der Waals surface area contributed by atoms with Crippen LogP contribution in [0.4, 0.5) is 4.79 Å². The summed E-state index contributed by atoms with van der Waals surface area (Å²) in [5, 5.41) is 8.21. The molecular weight excluding hydrogens is 618 g/mol. The van der Waals surface area contributed by atoms with Crippen LogP contribution in [-0.4, -0.2) is 74.5 Å². The normalized spacial score (nSPS) is 16.1. The molecule has 1 aliphatic heterocycles. The van der Waals surface area contributed by atoms with Gasteiger partial charge in [0.2, 0.25) is 5.91 Å². The van der Waals surface area contributed by atoms with Crippen molar-refractivity contribution >= 4 is 58.1 Å². The summed E-state index contributed by atoms with van der Waals surface area (Å²) in [6.45, 7) is 8.08. The van der Waals surface area contributed by atoms with E-state index in [0.29, 0.717) is 65.3 Å². The third kappa shape index (κ3) is 9.33. The minimum absolute atomic E-state index is 0.0302. The first kappa shape index (κ1) is 34.0. The molecule has 0 spiro atoms. The Kier molecular flexibility index (Phi) is 11.3. The fourth-order valence-electron chi connectivity index (χ4n) is 5.15. The van der Waals surface area contributed by atoms with Crippen LogP contribution in [-0.2, 0) is 9.53 Å². The number of rotatable bonds is 11. The average molecular weight is 658 g/mol. The molecule has 0 radical (unpaired) electrons. The van der Waals surface area contributed by atoms with E-state index in [-0.39, 0.29) is 30.1 Å². The van der Waals surface area contributed by atoms with Crippen LogP contribution in [0.3, 0.4) is 0 Å². The maximum absolute atomic E-state index is 13.4. The summed E-state index contributed by atoms with van der Waals surface area (Å²) in [6, 6.07) is 3.23. The van der Waals surface area contributed by atoms with Crippen molar-refractivity contribution in [3.05, 3.63) is 51.3 Å². The van der Waals surface area contributed by atoms with Crippen molar-refractivity contribution in [1.82, 2.24) is 29.9 Å². The van der Waals surface area contributed by atoms with Gasteiger partial charge in [-0.1, -0.05) is 18.0 Å². The van der Waals surface area contributed by atoms with Gasteiger partial charge >= 0.3 is 6.09 Å². The number of unbranched alkanes of at least 4 members (excludes halogenated alkanes) is 1. The molecule has 45 heavy (non-hydrogen) atoms. The van der Waals surface area contributed by atoms with Gasteiger partial charge in [-0.05, 0) is 65.5 Å². The van der Waals surface area contributed by atoms with Gasteiger partial charge in [0.15, 0.2) is 5.78 Å². The summed E-state index contributed by atoms with van der Waals surface area (Å²) in [4.78, 5) is 66.3. The van der Waals surface area contributed by atoms with Crippen LogP contribution < -0.4 is 10.6 Å². The number of fused-ring (bicyclic) bond motifs is 1. The minimum atomic E-state index is -0.598. The number of ether oxygens (including phenoxy) is 1. The Labute approximate surface area is 271 Å². The molecule has 0 aliphatic carbocycles. The number of amidine groups is 1. The largest absolute Gasteiger partial charge is 0.444 e. The number of amides is 3. The number of Topliss-reactive ketones (excluding diaryl/α,β-unsaturated/α-hetero) is 1. The molecule has 12 nitrogen and oxygen atoms in total. The van der Waals surface area contributed by atoms with E-state index in [4.69, 9.17) is 16.3 Å². The maximum atomic E-state index is 13.4. The quantitative estimate of drug-likeness (QED) is 0.120. The standard InChI is InChI=1S/C31H40ClN7O5S/c1-19(35-30(43)44-31(2,3)4)34-13-7-6-9-20(27(41)33-5)15-25(40)23-18-45-28(37-23)24-10-8-14-39(24)29(42)22-17-38-16-21(32)11-12-26(38)36-22/h11-12,16-18,20,24H,6-10,13-15H2,1-5H3,(H,33,41)(H,34,35,43)/t20-,24-/m1/s1. The zero-order valence-corrected chi connectivity index (χ0v) is 27.8. The molecule has 1 fully saturated rings. The molecule has 3 aromatic rings. The fourth-order valence-corrected chi connectivity index (χ4v) is 6.29. The van der Waals surface area contributed by atoms with Gasteiger partial charge < -0.3 is 19.4 Å². The smallest absolute Gasteiger partial charge is 0.413 e. The highest BCUT2D eigenvalue weighted by Gasteiger charge is 2.34. The van der Waals surface area contributed by atoms with Crippen molar-refractivity contribution in [2.45, 2.75) is 77.9 Å². The molecule has 3 amide bonds. The van der Waals surface area contributed by atoms with Crippen molar-refractivity contribution in [1.29, 1.82) is 0 Å². The van der Waals surface area contributed by atoms with Gasteiger partial charge in [0.1, 0.15) is 33.5 Å². The molecule has 4 rings (SSSR count). The van der Waals surface area contributed by atoms with Crippen molar-refractivity contribution < 1.29 is 23.9 Å². The molecule has 2 N–H and O–H groups in total. The van der Waals surface area contributed by atoms with Crippen LogP contribution in [0.25, 0.3) is 5.65 Å². The molecule has 1 aliphatic rings. The van der Waals surface area contributed by atoms with E-state index in [0.717, 1.165) is 12.8 Å². The second-order valence-electron chi connectivity index (χ2n) is 12.0. The number of ketones is 1. The zero-order valence-electron chi connectivity index (χ0n) is 26.3. The van der Waals surface area contributed by atoms with Crippen LogP contribution in [0.5, 0.6) is 0 Å². The number of hydrogen-bond donors (Lipinski definition) is 2. The Morgan fingerprint density at radius 2 is 1.93 bits per heavy atom. The SMILES string of the molecule is CNC(=O)[C@H](CCCCN=C(C)NC(=O)OC(C)(C)C)CC(=O)c1csc([C@H]2CCCN2C(=O)c2cn3cc(Cl)ccc3n2)n1. The zero-order chi connectivity index (χ0) is 32.7. The van der Waals surface area contributed by atoms with Crippen molar-refractivity contribution in [3.63, 3.8) is 0 Å². The minimum Gasteiger partial charge on any atom is -0.444 e. The number of nitrogens with zero attached hydrogens (tertiary/aromatic N) is 5. The fraction of sp³-hybridized carbons (Fsp3) is 0.516. The molecule has 242 valence electrons. The van der Waals surface area contributed by atoms with Crippen molar-refractivity contribution in [3.8, 4) is 0 Å². The number of carbonyl (C=O) groups is 4. The second kappa shape index (κ2) is 15.0. The van der Waals surface area contributed by atoms with E-state index in [1.54, 1.807) is 73.9 Å². The highest BCUT2D eigenvalue weighted by atomic mass is 35.5. The monoisotopic (exact) mass is 657 g/mol. The maximum Gasteiger partial charge on any atom is 0.413 e. The van der Waals surface area contributed by atoms with Gasteiger partial charge in [0.25, 0.3) is 5.91 Å². The van der Waals surface area contributed by atoms with Crippen molar-refractivity contribution in [2.24, 2.45) is 10.9 Å². The van der Waals surface area contributed by atoms with Crippen LogP contribution in [0, 0.1) is 5.92 Å². The number of imidazole rings is 1. The molecule has 0 unspecified atom stereocenters. The predicted octanol–water partition coefficient (Wildman–Crippen LogP) is 5.47. The summed E-state index contributed by atoms with van der Waals surface area (Å²) in [6.07, 6.45) is 6.26. The number of likely N-dealkylation sites (tertiary alicyclic amines) is 1. The first-order chi connectivity index (χ1) is 21.3. The molecule has 1 saturated heterocycles. The lowest BCUT2D eigenvalue weighted by molar-refractivity contribution is -0.124. The highest BCUT2D eigenvalue weighted by Crippen LogP contribution is 2.35. The summed E-state index contributed by atoms with van der Waals surface area (Å²) in [7, 11) is 1.56. The lowest BCUT2D eigenvalue weighted by Crippen LogP contribution is -2.35. The number of halogens is 1. The Bertz CT molecular complexity index is 1580. The van der Waals surface area contributed by atoms with Gasteiger partial charge in [-0.2, -0.15) is 0 Å². The van der Waals surface area contributed by atoms with Gasteiger partial charge in [0, 0.05) is 50.2 Å². The number of nitrogens with one attached hydrogen (secondary N) is 2. The Morgan fingerprint density at radius 1 is 1.16 bits per heavy atom. The summed E-state index contributed by atoms with van der Waals surface area (Å²) in [5.74, 6) is -0.667. The summed E-state index contributed by atoms with van der Waals surface area (Å²) < 4.78 is 6.95. The third-order valence-electron chi connectivity index (χ3n) is 7.28. The molecule has 0 aromatic carbocycles. The second-order valence-corrected chi connectivity index (χ2v) is 13.3. The van der Waals surface area contributed by atoms with Crippen LogP contribution in [0.15, 0.2) is 34.9 Å². The average Bonchev–Trinajstić information content (AvgIpc) is 3.73. The van der Waals surface area contributed by atoms with Crippen LogP contribution >= 0.6 is 22.9 Å². The van der Waals surface area contributed by atoms with Crippen LogP contribution in [0.2, 0.25) is 5.02 Å². The molecule has 2 atom stereocenters. The van der Waals surface area contributed by atoms with E-state index in [1.165, 1.54) is 11.3 Å². The lowest BCUT2D eigenvalue weighted by atomic mass is 9.94. The van der Waals surface area contributed by atoms with Gasteiger partial charge in [-0.25, -0.2) is 14.8 Å². The number of aliphatic imine (C=N–C) groups is 1. The molecule has 14 heteroatoms. The van der Waals surface area contributed by atoms with Crippen LogP contribution in [0.1, 0.15) is 98.2 Å². The van der Waals surface area contributed by atoms with Gasteiger partial charge in [-0.3, -0.25) is 24.7 Å². The summed E-state index contributed by atoms with van der Waals surface area (Å²) >= 11 is 7.43. The topological polar surface area (TPSA) is 147 Å². The van der Waals surface area contributed by atoms with E-state index >= 15 is 0 Å². The number of thiazole rings is 1. The van der Waals surface area contributed by atoms with E-state index in [2.05, 4.69) is 25.6 Å². The Morgan fingerprint density at radius 3 is 2.67 bits per heavy atom. The predicted molar refractivity (Wildman–Crippen MR) is 173 cm³/mol. The number of alkyl carbamates (subject to hydrolysis) is 1. The van der Waals surface area contributed by atoms with Crippen molar-refractivity contribution in [2.75, 3.05) is 20.1 Å².